The summed E-state index contributed by atoms with van der Waals surface area (Å²) in [4.78, 5) is 10.9. The van der Waals surface area contributed by atoms with Crippen molar-refractivity contribution in [2.24, 2.45) is 0 Å². The topological polar surface area (TPSA) is 38.3 Å². The highest BCUT2D eigenvalue weighted by atomic mass is 35.6. The average molecular weight is 275 g/mol. The quantitative estimate of drug-likeness (QED) is 0.616. The molecule has 0 rings (SSSR count). The summed E-state index contributed by atoms with van der Waals surface area (Å²) < 4.78 is 3.50. The van der Waals surface area contributed by atoms with E-state index in [0.29, 0.717) is 6.54 Å². The van der Waals surface area contributed by atoms with Gasteiger partial charge < -0.3 is 10.1 Å². The standard InChI is InChI=1S/C9H14Cl3NO2/c1-2-6-13-8(14)15-7-4-3-5-9(10,11)12/h3-4H,2,5-7H2,1H3,(H,13,14)/b4-3+. The molecule has 0 unspecified atom stereocenters. The van der Waals surface area contributed by atoms with Gasteiger partial charge in [-0.15, -0.1) is 0 Å². The molecule has 0 aliphatic rings. The van der Waals surface area contributed by atoms with Crippen molar-refractivity contribution in [1.29, 1.82) is 0 Å². The molecule has 0 fully saturated rings. The molecule has 0 aliphatic heterocycles. The minimum atomic E-state index is -1.29. The Morgan fingerprint density at radius 2 is 2.07 bits per heavy atom. The molecule has 88 valence electrons. The summed E-state index contributed by atoms with van der Waals surface area (Å²) in [6.07, 6.45) is 4.01. The van der Waals surface area contributed by atoms with Crippen molar-refractivity contribution >= 4 is 40.9 Å². The lowest BCUT2D eigenvalue weighted by atomic mass is 10.4. The lowest BCUT2D eigenvalue weighted by molar-refractivity contribution is 0.158. The normalized spacial score (nSPS) is 11.7. The molecule has 0 aromatic carbocycles. The van der Waals surface area contributed by atoms with E-state index in [-0.39, 0.29) is 13.0 Å². The number of carbonyl (C=O) groups is 1. The molecule has 0 aromatic heterocycles. The monoisotopic (exact) mass is 273 g/mol. The van der Waals surface area contributed by atoms with Gasteiger partial charge in [-0.05, 0) is 6.42 Å². The first-order valence-electron chi connectivity index (χ1n) is 4.58. The highest BCUT2D eigenvalue weighted by molar-refractivity contribution is 6.67. The van der Waals surface area contributed by atoms with Gasteiger partial charge in [0, 0.05) is 13.0 Å². The fraction of sp³-hybridized carbons (Fsp3) is 0.667. The molecule has 0 radical (unpaired) electrons. The van der Waals surface area contributed by atoms with E-state index in [1.807, 2.05) is 6.92 Å². The van der Waals surface area contributed by atoms with Gasteiger partial charge in [-0.2, -0.15) is 0 Å². The summed E-state index contributed by atoms with van der Waals surface area (Å²) in [5, 5.41) is 2.57. The molecule has 0 spiro atoms. The molecule has 0 aromatic rings. The van der Waals surface area contributed by atoms with Crippen LogP contribution in [0.1, 0.15) is 19.8 Å². The van der Waals surface area contributed by atoms with E-state index in [1.54, 1.807) is 12.2 Å². The highest BCUT2D eigenvalue weighted by Gasteiger charge is 2.16. The van der Waals surface area contributed by atoms with E-state index < -0.39 is 9.89 Å². The first kappa shape index (κ1) is 14.9. The second-order valence-electron chi connectivity index (χ2n) is 2.82. The Kier molecular flexibility index (Phi) is 8.02. The summed E-state index contributed by atoms with van der Waals surface area (Å²) in [7, 11) is 0. The van der Waals surface area contributed by atoms with Gasteiger partial charge in [-0.1, -0.05) is 53.9 Å². The van der Waals surface area contributed by atoms with Gasteiger partial charge in [0.15, 0.2) is 3.79 Å². The van der Waals surface area contributed by atoms with Crippen LogP contribution in [0.15, 0.2) is 12.2 Å². The van der Waals surface area contributed by atoms with Gasteiger partial charge >= 0.3 is 6.09 Å². The summed E-state index contributed by atoms with van der Waals surface area (Å²) in [5.41, 5.74) is 0. The maximum atomic E-state index is 10.9. The first-order valence-corrected chi connectivity index (χ1v) is 5.71. The van der Waals surface area contributed by atoms with Crippen LogP contribution in [0.4, 0.5) is 4.79 Å². The summed E-state index contributed by atoms with van der Waals surface area (Å²) in [5.74, 6) is 0. The predicted molar refractivity (Wildman–Crippen MR) is 63.7 cm³/mol. The van der Waals surface area contributed by atoms with E-state index in [1.165, 1.54) is 0 Å². The van der Waals surface area contributed by atoms with Crippen LogP contribution >= 0.6 is 34.8 Å². The van der Waals surface area contributed by atoms with E-state index in [2.05, 4.69) is 5.32 Å². The Balaban J connectivity index is 3.49. The molecule has 0 saturated heterocycles. The largest absolute Gasteiger partial charge is 0.445 e. The van der Waals surface area contributed by atoms with E-state index >= 15 is 0 Å². The zero-order chi connectivity index (χ0) is 11.7. The Bertz CT molecular complexity index is 214. The SMILES string of the molecule is CCCNC(=O)OC/C=C/CC(Cl)(Cl)Cl. The minimum Gasteiger partial charge on any atom is -0.445 e. The molecule has 0 atom stereocenters. The van der Waals surface area contributed by atoms with Crippen LogP contribution in [0.2, 0.25) is 0 Å². The third kappa shape index (κ3) is 11.8. The number of ether oxygens (including phenoxy) is 1. The van der Waals surface area contributed by atoms with Gasteiger partial charge in [0.1, 0.15) is 6.61 Å². The van der Waals surface area contributed by atoms with Crippen LogP contribution in [-0.4, -0.2) is 23.0 Å². The molecular formula is C9H14Cl3NO2. The molecule has 0 aliphatic carbocycles. The Labute approximate surface area is 105 Å². The van der Waals surface area contributed by atoms with Crippen molar-refractivity contribution in [2.75, 3.05) is 13.2 Å². The van der Waals surface area contributed by atoms with Crippen molar-refractivity contribution in [3.8, 4) is 0 Å². The van der Waals surface area contributed by atoms with Crippen LogP contribution in [0.5, 0.6) is 0 Å². The number of allylic oxidation sites excluding steroid dienone is 1. The number of nitrogens with one attached hydrogen (secondary N) is 1. The maximum Gasteiger partial charge on any atom is 0.407 e. The lowest BCUT2D eigenvalue weighted by Gasteiger charge is -2.06. The number of amides is 1. The number of rotatable bonds is 5. The lowest BCUT2D eigenvalue weighted by Crippen LogP contribution is -2.24. The van der Waals surface area contributed by atoms with Gasteiger partial charge in [0.25, 0.3) is 0 Å². The number of hydrogen-bond acceptors (Lipinski definition) is 2. The molecule has 1 amide bonds. The van der Waals surface area contributed by atoms with Gasteiger partial charge in [-0.25, -0.2) is 4.79 Å². The van der Waals surface area contributed by atoms with Crippen molar-refractivity contribution in [3.05, 3.63) is 12.2 Å². The molecular weight excluding hydrogens is 260 g/mol. The summed E-state index contributed by atoms with van der Waals surface area (Å²) in [6, 6.07) is 0. The molecule has 0 heterocycles. The maximum absolute atomic E-state index is 10.9. The number of carbonyl (C=O) groups excluding carboxylic acids is 1. The van der Waals surface area contributed by atoms with Crippen LogP contribution in [0, 0.1) is 0 Å². The predicted octanol–water partition coefficient (Wildman–Crippen LogP) is 3.44. The second-order valence-corrected chi connectivity index (χ2v) is 5.33. The first-order chi connectivity index (χ1) is 6.95. The van der Waals surface area contributed by atoms with Crippen LogP contribution in [0.3, 0.4) is 0 Å². The Morgan fingerprint density at radius 1 is 1.40 bits per heavy atom. The number of halogens is 3. The van der Waals surface area contributed by atoms with Crippen molar-refractivity contribution in [3.63, 3.8) is 0 Å². The van der Waals surface area contributed by atoms with Crippen LogP contribution < -0.4 is 5.32 Å². The number of alkyl carbamates (subject to hydrolysis) is 1. The minimum absolute atomic E-state index is 0.177. The van der Waals surface area contributed by atoms with Crippen molar-refractivity contribution in [1.82, 2.24) is 5.32 Å². The fourth-order valence-corrected chi connectivity index (χ4v) is 0.954. The second kappa shape index (κ2) is 8.08. The van der Waals surface area contributed by atoms with Gasteiger partial charge in [-0.3, -0.25) is 0 Å². The van der Waals surface area contributed by atoms with Gasteiger partial charge in [0.05, 0.1) is 0 Å². The number of alkyl halides is 3. The zero-order valence-corrected chi connectivity index (χ0v) is 10.7. The van der Waals surface area contributed by atoms with Crippen molar-refractivity contribution in [2.45, 2.75) is 23.6 Å². The molecule has 6 heteroatoms. The van der Waals surface area contributed by atoms with Gasteiger partial charge in [0.2, 0.25) is 0 Å². The summed E-state index contributed by atoms with van der Waals surface area (Å²) in [6.45, 7) is 2.74. The Hall–Kier alpha value is -0.120. The third-order valence-electron chi connectivity index (χ3n) is 1.35. The highest BCUT2D eigenvalue weighted by Crippen LogP contribution is 2.30. The molecule has 1 N–H and O–H groups in total. The smallest absolute Gasteiger partial charge is 0.407 e. The zero-order valence-electron chi connectivity index (χ0n) is 8.43. The molecule has 0 saturated carbocycles. The fourth-order valence-electron chi connectivity index (χ4n) is 0.687. The van der Waals surface area contributed by atoms with Crippen LogP contribution in [0.25, 0.3) is 0 Å². The Morgan fingerprint density at radius 3 is 2.60 bits per heavy atom. The summed E-state index contributed by atoms with van der Waals surface area (Å²) >= 11 is 16.5. The van der Waals surface area contributed by atoms with E-state index in [0.717, 1.165) is 6.42 Å². The van der Waals surface area contributed by atoms with E-state index in [4.69, 9.17) is 39.5 Å². The molecule has 0 bridgehead atoms. The third-order valence-corrected chi connectivity index (χ3v) is 1.81. The van der Waals surface area contributed by atoms with E-state index in [9.17, 15) is 4.79 Å². The van der Waals surface area contributed by atoms with Crippen LogP contribution in [-0.2, 0) is 4.74 Å². The van der Waals surface area contributed by atoms with Crippen molar-refractivity contribution < 1.29 is 9.53 Å². The number of hydrogen-bond donors (Lipinski definition) is 1. The average Bonchev–Trinajstić information content (AvgIpc) is 2.12. The molecule has 15 heavy (non-hydrogen) atoms. The molecule has 3 nitrogen and oxygen atoms in total.